The average molecular weight is 354 g/mol. The first kappa shape index (κ1) is 17.1. The van der Waals surface area contributed by atoms with Crippen molar-refractivity contribution in [2.45, 2.75) is 6.54 Å². The number of hydrogen-bond acceptors (Lipinski definition) is 3. The molecule has 134 valence electrons. The number of rotatable bonds is 5. The van der Waals surface area contributed by atoms with E-state index in [1.165, 1.54) is 16.7 Å². The van der Waals surface area contributed by atoms with Crippen molar-refractivity contribution in [2.24, 2.45) is 0 Å². The van der Waals surface area contributed by atoms with Gasteiger partial charge in [-0.05, 0) is 34.9 Å². The quantitative estimate of drug-likeness (QED) is 0.470. The summed E-state index contributed by atoms with van der Waals surface area (Å²) in [6, 6.07) is 29.2. The van der Waals surface area contributed by atoms with Crippen LogP contribution >= 0.6 is 0 Å². The van der Waals surface area contributed by atoms with Crippen LogP contribution in [0.4, 0.5) is 5.82 Å². The number of methoxy groups -OCH3 is 1. The zero-order chi connectivity index (χ0) is 18.6. The third kappa shape index (κ3) is 3.63. The number of pyridine rings is 1. The van der Waals surface area contributed by atoms with E-state index in [1.54, 1.807) is 7.11 Å². The van der Waals surface area contributed by atoms with E-state index in [0.29, 0.717) is 0 Å². The fraction of sp³-hybridized carbons (Fsp3) is 0.125. The maximum atomic E-state index is 5.41. The van der Waals surface area contributed by atoms with Crippen LogP contribution in [0.15, 0.2) is 84.9 Å². The molecule has 27 heavy (non-hydrogen) atoms. The molecule has 0 N–H and O–H groups in total. The summed E-state index contributed by atoms with van der Waals surface area (Å²) in [6.45, 7) is 0.803. The number of anilines is 1. The Kier molecular flexibility index (Phi) is 4.75. The summed E-state index contributed by atoms with van der Waals surface area (Å²) in [6.07, 6.45) is 0. The van der Waals surface area contributed by atoms with Gasteiger partial charge in [-0.2, -0.15) is 0 Å². The van der Waals surface area contributed by atoms with Crippen LogP contribution < -0.4 is 9.64 Å². The highest BCUT2D eigenvalue weighted by Crippen LogP contribution is 2.33. The first-order chi connectivity index (χ1) is 13.2. The molecule has 3 nitrogen and oxygen atoms in total. The standard InChI is InChI=1S/C24H22N2O/c1-26(17-18-9-5-3-6-10-18)24-16-22(19-11-7-4-8-12-19)21-14-13-20(27-2)15-23(21)25-24/h3-16H,17H2,1-2H3. The summed E-state index contributed by atoms with van der Waals surface area (Å²) in [7, 11) is 3.76. The highest BCUT2D eigenvalue weighted by Gasteiger charge is 2.12. The minimum Gasteiger partial charge on any atom is -0.497 e. The summed E-state index contributed by atoms with van der Waals surface area (Å²) in [5.74, 6) is 1.76. The van der Waals surface area contributed by atoms with Crippen LogP contribution in [0.5, 0.6) is 5.75 Å². The largest absolute Gasteiger partial charge is 0.497 e. The molecular weight excluding hydrogens is 332 g/mol. The second-order valence-electron chi connectivity index (χ2n) is 6.62. The van der Waals surface area contributed by atoms with Gasteiger partial charge in [-0.25, -0.2) is 4.98 Å². The van der Waals surface area contributed by atoms with Gasteiger partial charge >= 0.3 is 0 Å². The van der Waals surface area contributed by atoms with Crippen molar-refractivity contribution in [1.82, 2.24) is 4.98 Å². The summed E-state index contributed by atoms with van der Waals surface area (Å²) >= 11 is 0. The molecule has 1 aromatic heterocycles. The Hall–Kier alpha value is -3.33. The van der Waals surface area contributed by atoms with Crippen LogP contribution in [0.3, 0.4) is 0 Å². The SMILES string of the molecule is COc1ccc2c(-c3ccccc3)cc(N(C)Cc3ccccc3)nc2c1. The van der Waals surface area contributed by atoms with Crippen molar-refractivity contribution >= 4 is 16.7 Å². The topological polar surface area (TPSA) is 25.4 Å². The Bertz CT molecular complexity index is 1050. The van der Waals surface area contributed by atoms with Crippen LogP contribution in [-0.2, 0) is 6.54 Å². The van der Waals surface area contributed by atoms with Crippen molar-refractivity contribution in [3.63, 3.8) is 0 Å². The van der Waals surface area contributed by atoms with Gasteiger partial charge < -0.3 is 9.64 Å². The molecule has 0 radical (unpaired) electrons. The Morgan fingerprint density at radius 1 is 0.852 bits per heavy atom. The van der Waals surface area contributed by atoms with E-state index in [0.717, 1.165) is 29.0 Å². The molecule has 0 unspecified atom stereocenters. The molecule has 0 saturated heterocycles. The predicted octanol–water partition coefficient (Wildman–Crippen LogP) is 5.55. The van der Waals surface area contributed by atoms with Crippen molar-refractivity contribution < 1.29 is 4.74 Å². The molecule has 1 heterocycles. The molecule has 0 spiro atoms. The number of hydrogen-bond donors (Lipinski definition) is 0. The van der Waals surface area contributed by atoms with Crippen LogP contribution in [-0.4, -0.2) is 19.1 Å². The third-order valence-electron chi connectivity index (χ3n) is 4.74. The molecule has 0 atom stereocenters. The first-order valence-corrected chi connectivity index (χ1v) is 9.04. The van der Waals surface area contributed by atoms with Gasteiger partial charge in [-0.3, -0.25) is 0 Å². The zero-order valence-electron chi connectivity index (χ0n) is 15.6. The van der Waals surface area contributed by atoms with E-state index in [1.807, 2.05) is 24.3 Å². The number of benzene rings is 3. The van der Waals surface area contributed by atoms with Crippen molar-refractivity contribution in [3.05, 3.63) is 90.5 Å². The normalized spacial score (nSPS) is 10.7. The molecule has 4 aromatic rings. The van der Waals surface area contributed by atoms with E-state index in [9.17, 15) is 0 Å². The van der Waals surface area contributed by atoms with Crippen molar-refractivity contribution in [1.29, 1.82) is 0 Å². The summed E-state index contributed by atoms with van der Waals surface area (Å²) < 4.78 is 5.41. The summed E-state index contributed by atoms with van der Waals surface area (Å²) in [5, 5.41) is 1.12. The summed E-state index contributed by atoms with van der Waals surface area (Å²) in [5.41, 5.74) is 4.56. The summed E-state index contributed by atoms with van der Waals surface area (Å²) in [4.78, 5) is 7.09. The van der Waals surface area contributed by atoms with Gasteiger partial charge in [0.05, 0.1) is 12.6 Å². The monoisotopic (exact) mass is 354 g/mol. The first-order valence-electron chi connectivity index (χ1n) is 9.04. The van der Waals surface area contributed by atoms with E-state index in [4.69, 9.17) is 9.72 Å². The minimum atomic E-state index is 0.803. The second kappa shape index (κ2) is 7.50. The average Bonchev–Trinajstić information content (AvgIpc) is 2.73. The molecule has 0 fully saturated rings. The molecule has 3 heteroatoms. The second-order valence-corrected chi connectivity index (χ2v) is 6.62. The fourth-order valence-corrected chi connectivity index (χ4v) is 3.31. The van der Waals surface area contributed by atoms with Gasteiger partial charge in [0.25, 0.3) is 0 Å². The van der Waals surface area contributed by atoms with E-state index in [2.05, 4.69) is 72.6 Å². The third-order valence-corrected chi connectivity index (χ3v) is 4.74. The fourth-order valence-electron chi connectivity index (χ4n) is 3.31. The van der Waals surface area contributed by atoms with Crippen molar-refractivity contribution in [3.8, 4) is 16.9 Å². The van der Waals surface area contributed by atoms with E-state index in [-0.39, 0.29) is 0 Å². The number of aromatic nitrogens is 1. The lowest BCUT2D eigenvalue weighted by Gasteiger charge is -2.20. The smallest absolute Gasteiger partial charge is 0.129 e. The molecule has 3 aromatic carbocycles. The molecule has 0 aliphatic heterocycles. The Balaban J connectivity index is 1.83. The molecule has 0 aliphatic carbocycles. The Morgan fingerprint density at radius 2 is 1.56 bits per heavy atom. The number of nitrogens with zero attached hydrogens (tertiary/aromatic N) is 2. The van der Waals surface area contributed by atoms with Gasteiger partial charge in [-0.1, -0.05) is 60.7 Å². The van der Waals surface area contributed by atoms with Gasteiger partial charge in [0.15, 0.2) is 0 Å². The highest BCUT2D eigenvalue weighted by molar-refractivity contribution is 5.96. The lowest BCUT2D eigenvalue weighted by Crippen LogP contribution is -2.17. The minimum absolute atomic E-state index is 0.803. The van der Waals surface area contributed by atoms with E-state index >= 15 is 0 Å². The van der Waals surface area contributed by atoms with Crippen molar-refractivity contribution in [2.75, 3.05) is 19.1 Å². The van der Waals surface area contributed by atoms with E-state index < -0.39 is 0 Å². The zero-order valence-corrected chi connectivity index (χ0v) is 15.6. The van der Waals surface area contributed by atoms with Crippen LogP contribution in [0.2, 0.25) is 0 Å². The molecule has 0 aliphatic rings. The Morgan fingerprint density at radius 3 is 2.26 bits per heavy atom. The number of fused-ring (bicyclic) bond motifs is 1. The molecule has 0 bridgehead atoms. The molecule has 4 rings (SSSR count). The number of ether oxygens (including phenoxy) is 1. The van der Waals surface area contributed by atoms with Crippen LogP contribution in [0.1, 0.15) is 5.56 Å². The van der Waals surface area contributed by atoms with Gasteiger partial charge in [-0.15, -0.1) is 0 Å². The molecule has 0 saturated carbocycles. The molecule has 0 amide bonds. The van der Waals surface area contributed by atoms with Gasteiger partial charge in [0.2, 0.25) is 0 Å². The maximum Gasteiger partial charge on any atom is 0.129 e. The lowest BCUT2D eigenvalue weighted by atomic mass is 10.0. The van der Waals surface area contributed by atoms with Crippen LogP contribution in [0.25, 0.3) is 22.0 Å². The van der Waals surface area contributed by atoms with Gasteiger partial charge in [0.1, 0.15) is 11.6 Å². The predicted molar refractivity (Wildman–Crippen MR) is 112 cm³/mol. The lowest BCUT2D eigenvalue weighted by molar-refractivity contribution is 0.415. The van der Waals surface area contributed by atoms with Gasteiger partial charge in [0, 0.05) is 25.0 Å². The molecular formula is C24H22N2O. The Labute approximate surface area is 159 Å². The maximum absolute atomic E-state index is 5.41. The van der Waals surface area contributed by atoms with Crippen LogP contribution in [0, 0.1) is 0 Å². The highest BCUT2D eigenvalue weighted by atomic mass is 16.5.